The standard InChI is InChI=1S/C15H13Cl2N5OS/c16-10-6-11(17)12(23-4-3-18)5-9(10)13-20-14(19)22-15(21-13)24-7-8-1-2-8/h5-6,8H,1-2,4,7H2,(H2,19,20,21,22). The van der Waals surface area contributed by atoms with Crippen LogP contribution in [0.15, 0.2) is 17.3 Å². The first-order chi connectivity index (χ1) is 11.6. The maximum atomic E-state index is 8.64. The SMILES string of the molecule is N#CCOc1cc(-c2nc(N)nc(SCC3CC3)n2)c(Cl)cc1Cl. The minimum Gasteiger partial charge on any atom is -0.477 e. The van der Waals surface area contributed by atoms with Crippen LogP contribution in [0.25, 0.3) is 11.4 Å². The molecule has 1 aromatic carbocycles. The predicted molar refractivity (Wildman–Crippen MR) is 94.3 cm³/mol. The fourth-order valence-electron chi connectivity index (χ4n) is 1.96. The number of rotatable bonds is 6. The first-order valence-corrected chi connectivity index (χ1v) is 8.94. The topological polar surface area (TPSA) is 97.7 Å². The number of nitrogens with two attached hydrogens (primary N) is 1. The summed E-state index contributed by atoms with van der Waals surface area (Å²) in [5.41, 5.74) is 6.32. The van der Waals surface area contributed by atoms with Crippen LogP contribution >= 0.6 is 35.0 Å². The Hall–Kier alpha value is -1.75. The monoisotopic (exact) mass is 381 g/mol. The Morgan fingerprint density at radius 2 is 2.04 bits per heavy atom. The Morgan fingerprint density at radius 1 is 1.25 bits per heavy atom. The second kappa shape index (κ2) is 7.43. The molecule has 1 aliphatic rings. The fraction of sp³-hybridized carbons (Fsp3) is 0.333. The van der Waals surface area contributed by atoms with Crippen LogP contribution < -0.4 is 10.5 Å². The third-order valence-corrected chi connectivity index (χ3v) is 5.02. The van der Waals surface area contributed by atoms with Crippen molar-refractivity contribution in [2.24, 2.45) is 5.92 Å². The molecule has 0 amide bonds. The zero-order chi connectivity index (χ0) is 17.1. The highest BCUT2D eigenvalue weighted by atomic mass is 35.5. The van der Waals surface area contributed by atoms with Gasteiger partial charge >= 0.3 is 0 Å². The van der Waals surface area contributed by atoms with Gasteiger partial charge in [0.05, 0.1) is 10.0 Å². The minimum atomic E-state index is -0.122. The Kier molecular flexibility index (Phi) is 5.29. The average molecular weight is 382 g/mol. The van der Waals surface area contributed by atoms with Crippen LogP contribution in [-0.4, -0.2) is 27.3 Å². The lowest BCUT2D eigenvalue weighted by molar-refractivity contribution is 0.368. The number of anilines is 1. The fourth-order valence-corrected chi connectivity index (χ4v) is 3.50. The quantitative estimate of drug-likeness (QED) is 0.758. The van der Waals surface area contributed by atoms with Crippen molar-refractivity contribution in [3.05, 3.63) is 22.2 Å². The van der Waals surface area contributed by atoms with E-state index < -0.39 is 0 Å². The summed E-state index contributed by atoms with van der Waals surface area (Å²) in [5, 5.41) is 9.89. The lowest BCUT2D eigenvalue weighted by Crippen LogP contribution is -2.03. The van der Waals surface area contributed by atoms with Gasteiger partial charge in [-0.15, -0.1) is 0 Å². The van der Waals surface area contributed by atoms with Gasteiger partial charge in [0.1, 0.15) is 11.8 Å². The van der Waals surface area contributed by atoms with Gasteiger partial charge in [0.25, 0.3) is 0 Å². The molecule has 2 N–H and O–H groups in total. The second-order valence-corrected chi connectivity index (χ2v) is 7.06. The normalized spacial score (nSPS) is 13.5. The first-order valence-electron chi connectivity index (χ1n) is 7.20. The van der Waals surface area contributed by atoms with E-state index in [4.69, 9.17) is 38.9 Å². The maximum absolute atomic E-state index is 8.64. The van der Waals surface area contributed by atoms with Gasteiger partial charge < -0.3 is 10.5 Å². The number of hydrogen-bond acceptors (Lipinski definition) is 7. The van der Waals surface area contributed by atoms with Crippen molar-refractivity contribution < 1.29 is 4.74 Å². The molecular weight excluding hydrogens is 369 g/mol. The van der Waals surface area contributed by atoms with Gasteiger partial charge in [0.2, 0.25) is 5.95 Å². The van der Waals surface area contributed by atoms with E-state index in [0.717, 1.165) is 11.7 Å². The van der Waals surface area contributed by atoms with Gasteiger partial charge in [0.15, 0.2) is 17.6 Å². The molecule has 0 radical (unpaired) electrons. The smallest absolute Gasteiger partial charge is 0.224 e. The summed E-state index contributed by atoms with van der Waals surface area (Å²) < 4.78 is 5.29. The molecular formula is C15H13Cl2N5OS. The lowest BCUT2D eigenvalue weighted by Gasteiger charge is -2.10. The number of thioether (sulfide) groups is 1. The van der Waals surface area contributed by atoms with Crippen LogP contribution in [0.4, 0.5) is 5.95 Å². The molecule has 1 saturated carbocycles. The highest BCUT2D eigenvalue weighted by Gasteiger charge is 2.22. The number of aromatic nitrogens is 3. The van der Waals surface area contributed by atoms with Crippen LogP contribution in [0, 0.1) is 17.2 Å². The molecule has 0 spiro atoms. The summed E-state index contributed by atoms with van der Waals surface area (Å²) in [7, 11) is 0. The van der Waals surface area contributed by atoms with Crippen LogP contribution in [-0.2, 0) is 0 Å². The Bertz CT molecular complexity index is 807. The van der Waals surface area contributed by atoms with E-state index in [-0.39, 0.29) is 12.6 Å². The molecule has 24 heavy (non-hydrogen) atoms. The number of nitrogen functional groups attached to an aromatic ring is 1. The number of benzene rings is 1. The first kappa shape index (κ1) is 17.1. The number of halogens is 2. The molecule has 2 aromatic rings. The van der Waals surface area contributed by atoms with Crippen LogP contribution in [0.1, 0.15) is 12.8 Å². The Balaban J connectivity index is 1.93. The highest BCUT2D eigenvalue weighted by Crippen LogP contribution is 2.37. The zero-order valence-electron chi connectivity index (χ0n) is 12.5. The molecule has 0 unspecified atom stereocenters. The van der Waals surface area contributed by atoms with Crippen molar-refractivity contribution in [2.45, 2.75) is 18.0 Å². The van der Waals surface area contributed by atoms with Gasteiger partial charge in [-0.3, -0.25) is 0 Å². The molecule has 0 saturated heterocycles. The van der Waals surface area contributed by atoms with Gasteiger partial charge in [-0.2, -0.15) is 15.2 Å². The van der Waals surface area contributed by atoms with Gasteiger partial charge in [-0.25, -0.2) is 4.98 Å². The second-order valence-electron chi connectivity index (χ2n) is 5.26. The summed E-state index contributed by atoms with van der Waals surface area (Å²) in [6, 6.07) is 5.02. The van der Waals surface area contributed by atoms with Crippen molar-refractivity contribution in [3.63, 3.8) is 0 Å². The van der Waals surface area contributed by atoms with E-state index in [9.17, 15) is 0 Å². The predicted octanol–water partition coefficient (Wildman–Crippen LogP) is 3.83. The van der Waals surface area contributed by atoms with E-state index in [1.54, 1.807) is 17.8 Å². The van der Waals surface area contributed by atoms with Crippen molar-refractivity contribution in [2.75, 3.05) is 18.1 Å². The number of nitrogens with zero attached hydrogens (tertiary/aromatic N) is 4. The number of hydrogen-bond donors (Lipinski definition) is 1. The molecule has 0 aliphatic heterocycles. The molecule has 1 aliphatic carbocycles. The van der Waals surface area contributed by atoms with Crippen LogP contribution in [0.3, 0.4) is 0 Å². The lowest BCUT2D eigenvalue weighted by atomic mass is 10.2. The number of nitriles is 1. The van der Waals surface area contributed by atoms with Crippen molar-refractivity contribution >= 4 is 40.9 Å². The molecule has 1 aromatic heterocycles. The third kappa shape index (κ3) is 4.20. The van der Waals surface area contributed by atoms with Crippen LogP contribution in [0.2, 0.25) is 10.0 Å². The molecule has 0 atom stereocenters. The molecule has 0 bridgehead atoms. The highest BCUT2D eigenvalue weighted by molar-refractivity contribution is 7.99. The van der Waals surface area contributed by atoms with Gasteiger partial charge in [-0.05, 0) is 30.9 Å². The molecule has 3 rings (SSSR count). The Morgan fingerprint density at radius 3 is 2.75 bits per heavy atom. The van der Waals surface area contributed by atoms with Gasteiger partial charge in [0, 0.05) is 11.3 Å². The molecule has 1 fully saturated rings. The molecule has 124 valence electrons. The number of ether oxygens (including phenoxy) is 1. The maximum Gasteiger partial charge on any atom is 0.224 e. The molecule has 6 nitrogen and oxygen atoms in total. The molecule has 1 heterocycles. The van der Waals surface area contributed by atoms with Crippen molar-refractivity contribution in [3.8, 4) is 23.2 Å². The Labute approximate surface area is 153 Å². The van der Waals surface area contributed by atoms with E-state index in [1.165, 1.54) is 18.9 Å². The zero-order valence-corrected chi connectivity index (χ0v) is 14.8. The van der Waals surface area contributed by atoms with Crippen molar-refractivity contribution in [1.82, 2.24) is 15.0 Å². The van der Waals surface area contributed by atoms with Gasteiger partial charge in [-0.1, -0.05) is 35.0 Å². The average Bonchev–Trinajstić information content (AvgIpc) is 3.36. The molecule has 9 heteroatoms. The largest absolute Gasteiger partial charge is 0.477 e. The van der Waals surface area contributed by atoms with Crippen LogP contribution in [0.5, 0.6) is 5.75 Å². The van der Waals surface area contributed by atoms with E-state index in [0.29, 0.717) is 32.3 Å². The summed E-state index contributed by atoms with van der Waals surface area (Å²) >= 11 is 13.9. The summed E-state index contributed by atoms with van der Waals surface area (Å²) in [4.78, 5) is 12.7. The summed E-state index contributed by atoms with van der Waals surface area (Å²) in [6.07, 6.45) is 2.51. The third-order valence-electron chi connectivity index (χ3n) is 3.33. The van der Waals surface area contributed by atoms with E-state index in [1.807, 2.05) is 6.07 Å². The van der Waals surface area contributed by atoms with E-state index in [2.05, 4.69) is 15.0 Å². The minimum absolute atomic E-state index is 0.122. The van der Waals surface area contributed by atoms with Crippen molar-refractivity contribution in [1.29, 1.82) is 5.26 Å². The summed E-state index contributed by atoms with van der Waals surface area (Å²) in [5.74, 6) is 2.52. The van der Waals surface area contributed by atoms with E-state index >= 15 is 0 Å². The summed E-state index contributed by atoms with van der Waals surface area (Å²) in [6.45, 7) is -0.122.